The Morgan fingerprint density at radius 3 is 1.94 bits per heavy atom. The van der Waals surface area contributed by atoms with E-state index in [1.165, 1.54) is 0 Å². The van der Waals surface area contributed by atoms with Crippen molar-refractivity contribution in [2.24, 2.45) is 0 Å². The summed E-state index contributed by atoms with van der Waals surface area (Å²) in [7, 11) is -0.263. The summed E-state index contributed by atoms with van der Waals surface area (Å²) in [6, 6.07) is 7.64. The molecule has 0 aliphatic carbocycles. The topological polar surface area (TPSA) is 44.5 Å². The van der Waals surface area contributed by atoms with E-state index >= 15 is 0 Å². The number of rotatable bonds is 7. The molecule has 1 rings (SSSR count). The van der Waals surface area contributed by atoms with Gasteiger partial charge in [-0.2, -0.15) is 0 Å². The lowest BCUT2D eigenvalue weighted by Gasteiger charge is -2.14. The van der Waals surface area contributed by atoms with Crippen LogP contribution in [-0.2, 0) is 9.31 Å². The van der Waals surface area contributed by atoms with Crippen LogP contribution in [0, 0.1) is 0 Å². The first-order valence-electron chi connectivity index (χ1n) is 5.86. The van der Waals surface area contributed by atoms with Gasteiger partial charge in [-0.1, -0.05) is 26.0 Å². The molecule has 2 N–H and O–H groups in total. The highest BCUT2D eigenvalue weighted by Crippen LogP contribution is 2.01. The molecule has 0 radical (unpaired) electrons. The smallest absolute Gasteiger partial charge is 0.407 e. The van der Waals surface area contributed by atoms with Crippen LogP contribution in [0.15, 0.2) is 24.3 Å². The molecule has 0 saturated carbocycles. The van der Waals surface area contributed by atoms with E-state index in [1.54, 1.807) is 0 Å². The summed E-state index contributed by atoms with van der Waals surface area (Å²) in [4.78, 5) is 0. The van der Waals surface area contributed by atoms with Gasteiger partial charge in [-0.3, -0.25) is 0 Å². The van der Waals surface area contributed by atoms with E-state index in [0.717, 1.165) is 24.0 Å². The van der Waals surface area contributed by atoms with E-state index in [-0.39, 0.29) is 7.12 Å². The van der Waals surface area contributed by atoms with Gasteiger partial charge in [0.25, 0.3) is 0 Å². The Hall–Kier alpha value is -0.995. The molecule has 0 saturated heterocycles. The molecule has 0 aliphatic rings. The molecule has 0 aromatic heterocycles. The second-order valence-corrected chi connectivity index (χ2v) is 3.74. The number of anilines is 1. The zero-order valence-corrected chi connectivity index (χ0v) is 10.1. The molecular formula is C12H20BNO2. The Balaban J connectivity index is 2.62. The molecule has 88 valence electrons. The van der Waals surface area contributed by atoms with E-state index in [9.17, 15) is 0 Å². The van der Waals surface area contributed by atoms with Crippen molar-refractivity contribution in [1.82, 2.24) is 0 Å². The van der Waals surface area contributed by atoms with Crippen LogP contribution in [0.5, 0.6) is 0 Å². The average molecular weight is 221 g/mol. The molecule has 0 atom stereocenters. The lowest BCUT2D eigenvalue weighted by atomic mass is 9.78. The standard InChI is InChI=1S/C12H20BNO2/c1-3-9-15-13(16-10-4-2)11-5-7-12(14)8-6-11/h5-8H,3-4,9-10,14H2,1-2H3. The molecule has 4 heteroatoms. The van der Waals surface area contributed by atoms with E-state index in [1.807, 2.05) is 24.3 Å². The number of hydrogen-bond donors (Lipinski definition) is 1. The van der Waals surface area contributed by atoms with Crippen molar-refractivity contribution in [1.29, 1.82) is 0 Å². The lowest BCUT2D eigenvalue weighted by Crippen LogP contribution is -2.37. The zero-order valence-electron chi connectivity index (χ0n) is 10.1. The first-order chi connectivity index (χ1) is 7.77. The third-order valence-electron chi connectivity index (χ3n) is 2.16. The largest absolute Gasteiger partial charge is 0.493 e. The van der Waals surface area contributed by atoms with Gasteiger partial charge in [0.05, 0.1) is 0 Å². The molecule has 0 heterocycles. The predicted octanol–water partition coefficient (Wildman–Crippen LogP) is 1.82. The number of nitrogen functional groups attached to an aromatic ring is 1. The molecule has 3 nitrogen and oxygen atoms in total. The summed E-state index contributed by atoms with van der Waals surface area (Å²) in [6.45, 7) is 5.58. The van der Waals surface area contributed by atoms with Crippen LogP contribution in [0.3, 0.4) is 0 Å². The second-order valence-electron chi connectivity index (χ2n) is 3.74. The Morgan fingerprint density at radius 2 is 1.50 bits per heavy atom. The Morgan fingerprint density at radius 1 is 1.00 bits per heavy atom. The van der Waals surface area contributed by atoms with Gasteiger partial charge < -0.3 is 15.0 Å². The van der Waals surface area contributed by atoms with E-state index in [4.69, 9.17) is 15.0 Å². The minimum atomic E-state index is -0.263. The van der Waals surface area contributed by atoms with Crippen molar-refractivity contribution in [2.75, 3.05) is 18.9 Å². The first kappa shape index (κ1) is 13.1. The summed E-state index contributed by atoms with van der Waals surface area (Å²) in [5, 5.41) is 0. The van der Waals surface area contributed by atoms with Crippen LogP contribution < -0.4 is 11.2 Å². The lowest BCUT2D eigenvalue weighted by molar-refractivity contribution is 0.207. The molecule has 16 heavy (non-hydrogen) atoms. The Kier molecular flexibility index (Phi) is 5.97. The van der Waals surface area contributed by atoms with Gasteiger partial charge >= 0.3 is 7.12 Å². The van der Waals surface area contributed by atoms with Gasteiger partial charge in [0, 0.05) is 18.9 Å². The Bertz CT molecular complexity index is 282. The monoisotopic (exact) mass is 221 g/mol. The summed E-state index contributed by atoms with van der Waals surface area (Å²) >= 11 is 0. The molecule has 0 unspecified atom stereocenters. The molecule has 1 aromatic rings. The summed E-state index contributed by atoms with van der Waals surface area (Å²) in [5.74, 6) is 0. The molecule has 0 fully saturated rings. The normalized spacial score (nSPS) is 10.4. The van der Waals surface area contributed by atoms with Crippen molar-refractivity contribution in [3.8, 4) is 0 Å². The van der Waals surface area contributed by atoms with Crippen molar-refractivity contribution in [2.45, 2.75) is 26.7 Å². The Labute approximate surface area is 98.1 Å². The van der Waals surface area contributed by atoms with Gasteiger partial charge in [0.2, 0.25) is 0 Å². The van der Waals surface area contributed by atoms with Crippen molar-refractivity contribution < 1.29 is 9.31 Å². The molecule has 0 aliphatic heterocycles. The predicted molar refractivity (Wildman–Crippen MR) is 68.7 cm³/mol. The highest BCUT2D eigenvalue weighted by Gasteiger charge is 2.20. The molecule has 1 aromatic carbocycles. The minimum Gasteiger partial charge on any atom is -0.407 e. The highest BCUT2D eigenvalue weighted by molar-refractivity contribution is 6.61. The van der Waals surface area contributed by atoms with Gasteiger partial charge in [-0.15, -0.1) is 0 Å². The van der Waals surface area contributed by atoms with Crippen molar-refractivity contribution in [3.05, 3.63) is 24.3 Å². The molecule has 0 amide bonds. The van der Waals surface area contributed by atoms with Crippen molar-refractivity contribution in [3.63, 3.8) is 0 Å². The van der Waals surface area contributed by atoms with E-state index in [0.29, 0.717) is 13.2 Å². The summed E-state index contributed by atoms with van der Waals surface area (Å²) < 4.78 is 11.3. The SMILES string of the molecule is CCCOB(OCCC)c1ccc(N)cc1. The second kappa shape index (κ2) is 7.31. The maximum absolute atomic E-state index is 5.66. The van der Waals surface area contributed by atoms with Crippen LogP contribution in [-0.4, -0.2) is 20.3 Å². The number of benzene rings is 1. The fourth-order valence-corrected chi connectivity index (χ4v) is 1.34. The quantitative estimate of drug-likeness (QED) is 0.564. The van der Waals surface area contributed by atoms with Crippen LogP contribution in [0.4, 0.5) is 5.69 Å². The summed E-state index contributed by atoms with van der Waals surface area (Å²) in [5.41, 5.74) is 7.43. The maximum atomic E-state index is 5.66. The third kappa shape index (κ3) is 4.25. The van der Waals surface area contributed by atoms with Crippen LogP contribution in [0.2, 0.25) is 0 Å². The molecular weight excluding hydrogens is 201 g/mol. The average Bonchev–Trinajstić information content (AvgIpc) is 2.31. The van der Waals surface area contributed by atoms with Crippen molar-refractivity contribution >= 4 is 18.3 Å². The number of hydrogen-bond acceptors (Lipinski definition) is 3. The summed E-state index contributed by atoms with van der Waals surface area (Å²) in [6.07, 6.45) is 1.97. The van der Waals surface area contributed by atoms with Gasteiger partial charge in [-0.25, -0.2) is 0 Å². The minimum absolute atomic E-state index is 0.263. The fraction of sp³-hybridized carbons (Fsp3) is 0.500. The first-order valence-corrected chi connectivity index (χ1v) is 5.86. The molecule has 0 bridgehead atoms. The maximum Gasteiger partial charge on any atom is 0.493 e. The fourth-order valence-electron chi connectivity index (χ4n) is 1.34. The van der Waals surface area contributed by atoms with Crippen LogP contribution in [0.25, 0.3) is 0 Å². The van der Waals surface area contributed by atoms with E-state index in [2.05, 4.69) is 13.8 Å². The van der Waals surface area contributed by atoms with Gasteiger partial charge in [0.15, 0.2) is 0 Å². The van der Waals surface area contributed by atoms with Crippen LogP contribution in [0.1, 0.15) is 26.7 Å². The highest BCUT2D eigenvalue weighted by atomic mass is 16.6. The van der Waals surface area contributed by atoms with Crippen LogP contribution >= 0.6 is 0 Å². The zero-order chi connectivity index (χ0) is 11.8. The van der Waals surface area contributed by atoms with Gasteiger partial charge in [-0.05, 0) is 30.4 Å². The van der Waals surface area contributed by atoms with E-state index < -0.39 is 0 Å². The third-order valence-corrected chi connectivity index (χ3v) is 2.16. The van der Waals surface area contributed by atoms with Gasteiger partial charge in [0.1, 0.15) is 0 Å². The molecule has 0 spiro atoms. The number of nitrogens with two attached hydrogens (primary N) is 1.